The molecule has 1 rings (SSSR count). The van der Waals surface area contributed by atoms with Crippen LogP contribution in [0.1, 0.15) is 34.6 Å². The molecule has 0 fully saturated rings. The number of rotatable bonds is 4. The number of hydrogen-bond acceptors (Lipinski definition) is 4. The van der Waals surface area contributed by atoms with Crippen LogP contribution < -0.4 is 10.6 Å². The smallest absolute Gasteiger partial charge is 0.408 e. The molecule has 0 spiro atoms. The second-order valence-corrected chi connectivity index (χ2v) is 6.23. The number of hydrogen-bond donors (Lipinski definition) is 2. The van der Waals surface area contributed by atoms with Gasteiger partial charge in [-0.2, -0.15) is 5.10 Å². The van der Waals surface area contributed by atoms with E-state index in [-0.39, 0.29) is 11.8 Å². The van der Waals surface area contributed by atoms with Gasteiger partial charge in [-0.15, -0.1) is 0 Å². The summed E-state index contributed by atoms with van der Waals surface area (Å²) in [6.07, 6.45) is 1.11. The topological polar surface area (TPSA) is 85.2 Å². The average molecular weight is 296 g/mol. The van der Waals surface area contributed by atoms with Gasteiger partial charge in [0.05, 0.1) is 0 Å². The molecule has 118 valence electrons. The number of nitrogens with zero attached hydrogens (tertiary/aromatic N) is 2. The first kappa shape index (κ1) is 17.0. The van der Waals surface area contributed by atoms with E-state index in [9.17, 15) is 9.59 Å². The lowest BCUT2D eigenvalue weighted by Crippen LogP contribution is -2.48. The number of nitrogens with one attached hydrogen (secondary N) is 2. The second-order valence-electron chi connectivity index (χ2n) is 6.23. The van der Waals surface area contributed by atoms with E-state index in [0.29, 0.717) is 5.82 Å². The van der Waals surface area contributed by atoms with Gasteiger partial charge in [-0.1, -0.05) is 13.8 Å². The highest BCUT2D eigenvalue weighted by Gasteiger charge is 2.27. The molecule has 0 saturated carbocycles. The van der Waals surface area contributed by atoms with E-state index >= 15 is 0 Å². The molecule has 0 aliphatic rings. The van der Waals surface area contributed by atoms with Crippen molar-refractivity contribution in [2.24, 2.45) is 13.0 Å². The molecule has 0 radical (unpaired) electrons. The summed E-state index contributed by atoms with van der Waals surface area (Å²) in [7, 11) is 1.76. The Morgan fingerprint density at radius 3 is 2.38 bits per heavy atom. The molecule has 0 bridgehead atoms. The van der Waals surface area contributed by atoms with E-state index in [1.54, 1.807) is 44.8 Å². The quantitative estimate of drug-likeness (QED) is 0.888. The molecular weight excluding hydrogens is 272 g/mol. The maximum Gasteiger partial charge on any atom is 0.408 e. The molecule has 1 heterocycles. The zero-order valence-electron chi connectivity index (χ0n) is 13.4. The largest absolute Gasteiger partial charge is 0.444 e. The maximum atomic E-state index is 12.2. The van der Waals surface area contributed by atoms with Gasteiger partial charge in [-0.05, 0) is 26.7 Å². The lowest BCUT2D eigenvalue weighted by atomic mass is 10.0. The first-order valence-corrected chi connectivity index (χ1v) is 6.88. The summed E-state index contributed by atoms with van der Waals surface area (Å²) in [6.45, 7) is 9.00. The number of aromatic nitrogens is 2. The van der Waals surface area contributed by atoms with Gasteiger partial charge in [0.15, 0.2) is 5.82 Å². The third-order valence-electron chi connectivity index (χ3n) is 2.59. The molecular formula is C14H24N4O3. The SMILES string of the molecule is CC(C)C(NC(=O)OC(C)(C)C)C(=O)Nc1ccn(C)n1. The summed E-state index contributed by atoms with van der Waals surface area (Å²) in [4.78, 5) is 24.0. The molecule has 1 aromatic rings. The van der Waals surface area contributed by atoms with Crippen LogP contribution >= 0.6 is 0 Å². The van der Waals surface area contributed by atoms with Crippen molar-refractivity contribution >= 4 is 17.8 Å². The minimum absolute atomic E-state index is 0.0822. The van der Waals surface area contributed by atoms with Crippen LogP contribution in [0.5, 0.6) is 0 Å². The summed E-state index contributed by atoms with van der Waals surface area (Å²) < 4.78 is 6.76. The number of carbonyl (C=O) groups excluding carboxylic acids is 2. The van der Waals surface area contributed by atoms with Crippen molar-refractivity contribution in [1.82, 2.24) is 15.1 Å². The minimum atomic E-state index is -0.693. The van der Waals surface area contributed by atoms with Gasteiger partial charge in [-0.25, -0.2) is 4.79 Å². The van der Waals surface area contributed by atoms with Gasteiger partial charge in [0.1, 0.15) is 11.6 Å². The lowest BCUT2D eigenvalue weighted by Gasteiger charge is -2.24. The van der Waals surface area contributed by atoms with Crippen molar-refractivity contribution in [2.45, 2.75) is 46.3 Å². The molecule has 21 heavy (non-hydrogen) atoms. The van der Waals surface area contributed by atoms with Gasteiger partial charge in [0.2, 0.25) is 5.91 Å². The van der Waals surface area contributed by atoms with Crippen LogP contribution in [0, 0.1) is 5.92 Å². The molecule has 1 aromatic heterocycles. The Balaban J connectivity index is 2.68. The van der Waals surface area contributed by atoms with Gasteiger partial charge in [-0.3, -0.25) is 9.48 Å². The molecule has 0 saturated heterocycles. The van der Waals surface area contributed by atoms with Crippen molar-refractivity contribution in [2.75, 3.05) is 5.32 Å². The minimum Gasteiger partial charge on any atom is -0.444 e. The second kappa shape index (κ2) is 6.60. The van der Waals surface area contributed by atoms with E-state index in [0.717, 1.165) is 0 Å². The summed E-state index contributed by atoms with van der Waals surface area (Å²) in [5.41, 5.74) is -0.608. The van der Waals surface area contributed by atoms with Crippen LogP contribution in [0.15, 0.2) is 12.3 Å². The molecule has 0 aliphatic heterocycles. The number of carbonyl (C=O) groups is 2. The number of alkyl carbamates (subject to hydrolysis) is 1. The van der Waals surface area contributed by atoms with E-state index in [1.807, 2.05) is 13.8 Å². The third kappa shape index (κ3) is 5.85. The average Bonchev–Trinajstić information content (AvgIpc) is 2.68. The van der Waals surface area contributed by atoms with Gasteiger partial charge in [0, 0.05) is 19.3 Å². The normalized spacial score (nSPS) is 12.9. The maximum absolute atomic E-state index is 12.2. The molecule has 2 N–H and O–H groups in total. The van der Waals surface area contributed by atoms with Crippen molar-refractivity contribution in [3.8, 4) is 0 Å². The Hall–Kier alpha value is -2.05. The molecule has 0 aliphatic carbocycles. The summed E-state index contributed by atoms with van der Waals surface area (Å²) in [6, 6.07) is 0.991. The van der Waals surface area contributed by atoms with E-state index in [1.165, 1.54) is 0 Å². The fourth-order valence-corrected chi connectivity index (χ4v) is 1.66. The summed E-state index contributed by atoms with van der Waals surface area (Å²) in [5, 5.41) is 9.33. The Morgan fingerprint density at radius 2 is 1.95 bits per heavy atom. The Morgan fingerprint density at radius 1 is 1.33 bits per heavy atom. The van der Waals surface area contributed by atoms with Crippen molar-refractivity contribution in [1.29, 1.82) is 0 Å². The predicted molar refractivity (Wildman–Crippen MR) is 79.8 cm³/mol. The number of aryl methyl sites for hydroxylation is 1. The van der Waals surface area contributed by atoms with Crippen molar-refractivity contribution < 1.29 is 14.3 Å². The number of amides is 2. The highest BCUT2D eigenvalue weighted by Crippen LogP contribution is 2.10. The Labute approximate surface area is 125 Å². The Kier molecular flexibility index (Phi) is 5.34. The highest BCUT2D eigenvalue weighted by molar-refractivity contribution is 5.96. The van der Waals surface area contributed by atoms with Crippen LogP contribution in [0.25, 0.3) is 0 Å². The number of anilines is 1. The number of ether oxygens (including phenoxy) is 1. The third-order valence-corrected chi connectivity index (χ3v) is 2.59. The van der Waals surface area contributed by atoms with Gasteiger partial charge >= 0.3 is 6.09 Å². The highest BCUT2D eigenvalue weighted by atomic mass is 16.6. The molecule has 2 amide bonds. The van der Waals surface area contributed by atoms with Crippen molar-refractivity contribution in [3.63, 3.8) is 0 Å². The predicted octanol–water partition coefficient (Wildman–Crippen LogP) is 1.91. The van der Waals surface area contributed by atoms with Crippen molar-refractivity contribution in [3.05, 3.63) is 12.3 Å². The first-order valence-electron chi connectivity index (χ1n) is 6.88. The van der Waals surface area contributed by atoms with Gasteiger partial charge < -0.3 is 15.4 Å². The van der Waals surface area contributed by atoms with E-state index < -0.39 is 17.7 Å². The lowest BCUT2D eigenvalue weighted by molar-refractivity contribution is -0.119. The van der Waals surface area contributed by atoms with Crippen LogP contribution in [-0.4, -0.2) is 33.4 Å². The van der Waals surface area contributed by atoms with E-state index in [4.69, 9.17) is 4.74 Å². The zero-order valence-corrected chi connectivity index (χ0v) is 13.4. The molecule has 7 nitrogen and oxygen atoms in total. The van der Waals surface area contributed by atoms with Crippen LogP contribution in [-0.2, 0) is 16.6 Å². The fraction of sp³-hybridized carbons (Fsp3) is 0.643. The Bertz CT molecular complexity index is 503. The summed E-state index contributed by atoms with van der Waals surface area (Å²) in [5.74, 6) is 0.0370. The van der Waals surface area contributed by atoms with Gasteiger partial charge in [0.25, 0.3) is 0 Å². The monoisotopic (exact) mass is 296 g/mol. The fourth-order valence-electron chi connectivity index (χ4n) is 1.66. The van der Waals surface area contributed by atoms with Crippen LogP contribution in [0.4, 0.5) is 10.6 Å². The van der Waals surface area contributed by atoms with E-state index in [2.05, 4.69) is 15.7 Å². The molecule has 0 aromatic carbocycles. The zero-order chi connectivity index (χ0) is 16.2. The molecule has 7 heteroatoms. The molecule has 1 atom stereocenters. The first-order chi connectivity index (χ1) is 9.58. The molecule has 1 unspecified atom stereocenters. The summed E-state index contributed by atoms with van der Waals surface area (Å²) >= 11 is 0. The van der Waals surface area contributed by atoms with Crippen LogP contribution in [0.3, 0.4) is 0 Å². The standard InChI is InChI=1S/C14H24N4O3/c1-9(2)11(16-13(20)21-14(3,4)5)12(19)15-10-7-8-18(6)17-10/h7-9,11H,1-6H3,(H,16,20)(H,15,17,19). The van der Waals surface area contributed by atoms with Crippen LogP contribution in [0.2, 0.25) is 0 Å².